The van der Waals surface area contributed by atoms with E-state index in [-0.39, 0.29) is 11.7 Å². The summed E-state index contributed by atoms with van der Waals surface area (Å²) in [4.78, 5) is 13.8. The summed E-state index contributed by atoms with van der Waals surface area (Å²) in [7, 11) is 0. The van der Waals surface area contributed by atoms with Gasteiger partial charge in [-0.3, -0.25) is 4.79 Å². The zero-order valence-corrected chi connectivity index (χ0v) is 10.6. The second-order valence-corrected chi connectivity index (χ2v) is 4.24. The van der Waals surface area contributed by atoms with Gasteiger partial charge in [-0.05, 0) is 44.5 Å². The van der Waals surface area contributed by atoms with Crippen molar-refractivity contribution in [2.45, 2.75) is 20.8 Å². The van der Waals surface area contributed by atoms with Crippen LogP contribution in [0.15, 0.2) is 30.4 Å². The number of hydrogen-bond donors (Lipinski definition) is 0. The van der Waals surface area contributed by atoms with Gasteiger partial charge in [0.25, 0.3) is 5.91 Å². The van der Waals surface area contributed by atoms with Gasteiger partial charge in [-0.1, -0.05) is 12.2 Å². The summed E-state index contributed by atoms with van der Waals surface area (Å²) >= 11 is 0. The first-order chi connectivity index (χ1) is 7.95. The van der Waals surface area contributed by atoms with Crippen molar-refractivity contribution in [1.82, 2.24) is 4.90 Å². The van der Waals surface area contributed by atoms with Crippen LogP contribution in [0.2, 0.25) is 0 Å². The Morgan fingerprint density at radius 1 is 1.47 bits per heavy atom. The van der Waals surface area contributed by atoms with Crippen molar-refractivity contribution in [3.63, 3.8) is 0 Å². The van der Waals surface area contributed by atoms with E-state index in [1.54, 1.807) is 17.9 Å². The Hall–Kier alpha value is -1.64. The molecular formula is C14H18FNO. The van der Waals surface area contributed by atoms with Crippen molar-refractivity contribution >= 4 is 5.91 Å². The molecule has 0 heterocycles. The number of likely N-dealkylation sites (N-methyl/N-ethyl adjacent to an activating group) is 1. The molecule has 0 aliphatic carbocycles. The SMILES string of the molecule is C=C(C)CN(CC)C(=O)c1ccc(F)c(C)c1. The standard InChI is InChI=1S/C14H18FNO/c1-5-16(9-10(2)3)14(17)12-6-7-13(15)11(4)8-12/h6-8H,2,5,9H2,1,3-4H3. The minimum Gasteiger partial charge on any atom is -0.335 e. The van der Waals surface area contributed by atoms with Crippen molar-refractivity contribution in [3.8, 4) is 0 Å². The quantitative estimate of drug-likeness (QED) is 0.734. The van der Waals surface area contributed by atoms with E-state index in [4.69, 9.17) is 0 Å². The van der Waals surface area contributed by atoms with Gasteiger partial charge in [0.15, 0.2) is 0 Å². The minimum atomic E-state index is -0.288. The van der Waals surface area contributed by atoms with Crippen LogP contribution >= 0.6 is 0 Å². The first-order valence-corrected chi connectivity index (χ1v) is 5.65. The van der Waals surface area contributed by atoms with Crippen LogP contribution in [0.4, 0.5) is 4.39 Å². The maximum atomic E-state index is 13.1. The minimum absolute atomic E-state index is 0.0846. The molecule has 0 N–H and O–H groups in total. The van der Waals surface area contributed by atoms with E-state index in [1.165, 1.54) is 12.1 Å². The molecule has 0 aromatic heterocycles. The van der Waals surface area contributed by atoms with Crippen LogP contribution in [0.3, 0.4) is 0 Å². The predicted molar refractivity (Wildman–Crippen MR) is 67.5 cm³/mol. The monoisotopic (exact) mass is 235 g/mol. The van der Waals surface area contributed by atoms with Crippen molar-refractivity contribution < 1.29 is 9.18 Å². The van der Waals surface area contributed by atoms with Gasteiger partial charge < -0.3 is 4.90 Å². The molecule has 2 nitrogen and oxygen atoms in total. The normalized spacial score (nSPS) is 10.1. The molecule has 0 atom stereocenters. The Balaban J connectivity index is 2.93. The van der Waals surface area contributed by atoms with Crippen molar-refractivity contribution in [2.24, 2.45) is 0 Å². The number of aryl methyl sites for hydroxylation is 1. The summed E-state index contributed by atoms with van der Waals surface area (Å²) in [6.07, 6.45) is 0. The fourth-order valence-corrected chi connectivity index (χ4v) is 1.61. The van der Waals surface area contributed by atoms with Gasteiger partial charge in [-0.2, -0.15) is 0 Å². The Morgan fingerprint density at radius 3 is 2.59 bits per heavy atom. The summed E-state index contributed by atoms with van der Waals surface area (Å²) in [5.41, 5.74) is 1.94. The molecule has 17 heavy (non-hydrogen) atoms. The van der Waals surface area contributed by atoms with Gasteiger partial charge in [0.1, 0.15) is 5.82 Å². The van der Waals surface area contributed by atoms with Crippen LogP contribution in [0.5, 0.6) is 0 Å². The summed E-state index contributed by atoms with van der Waals surface area (Å²) in [5, 5.41) is 0. The van der Waals surface area contributed by atoms with Crippen molar-refractivity contribution in [2.75, 3.05) is 13.1 Å². The van der Waals surface area contributed by atoms with E-state index >= 15 is 0 Å². The van der Waals surface area contributed by atoms with Gasteiger partial charge in [0.2, 0.25) is 0 Å². The highest BCUT2D eigenvalue weighted by molar-refractivity contribution is 5.94. The highest BCUT2D eigenvalue weighted by Gasteiger charge is 2.14. The number of nitrogens with zero attached hydrogens (tertiary/aromatic N) is 1. The summed E-state index contributed by atoms with van der Waals surface area (Å²) in [6.45, 7) is 10.4. The second kappa shape index (κ2) is 5.62. The topological polar surface area (TPSA) is 20.3 Å². The van der Waals surface area contributed by atoms with E-state index in [2.05, 4.69) is 6.58 Å². The fourth-order valence-electron chi connectivity index (χ4n) is 1.61. The highest BCUT2D eigenvalue weighted by atomic mass is 19.1. The van der Waals surface area contributed by atoms with Crippen molar-refractivity contribution in [1.29, 1.82) is 0 Å². The number of benzene rings is 1. The fraction of sp³-hybridized carbons (Fsp3) is 0.357. The van der Waals surface area contributed by atoms with E-state index in [0.717, 1.165) is 5.57 Å². The second-order valence-electron chi connectivity index (χ2n) is 4.24. The molecule has 0 bridgehead atoms. The van der Waals surface area contributed by atoms with Crippen LogP contribution in [0.25, 0.3) is 0 Å². The molecule has 1 rings (SSSR count). The third-order valence-electron chi connectivity index (χ3n) is 2.53. The van der Waals surface area contributed by atoms with Crippen LogP contribution in [-0.2, 0) is 0 Å². The van der Waals surface area contributed by atoms with Gasteiger partial charge in [0.05, 0.1) is 0 Å². The molecule has 0 radical (unpaired) electrons. The largest absolute Gasteiger partial charge is 0.335 e. The van der Waals surface area contributed by atoms with E-state index in [1.807, 2.05) is 13.8 Å². The average Bonchev–Trinajstić information content (AvgIpc) is 2.28. The molecule has 1 aromatic carbocycles. The van der Waals surface area contributed by atoms with Gasteiger partial charge in [-0.15, -0.1) is 0 Å². The van der Waals surface area contributed by atoms with Crippen LogP contribution in [0.1, 0.15) is 29.8 Å². The first-order valence-electron chi connectivity index (χ1n) is 5.65. The van der Waals surface area contributed by atoms with Crippen LogP contribution < -0.4 is 0 Å². The molecule has 1 aromatic rings. The van der Waals surface area contributed by atoms with Crippen molar-refractivity contribution in [3.05, 3.63) is 47.3 Å². The Bertz CT molecular complexity index is 440. The zero-order valence-electron chi connectivity index (χ0n) is 10.6. The summed E-state index contributed by atoms with van der Waals surface area (Å²) in [6, 6.07) is 4.43. The first kappa shape index (κ1) is 13.4. The lowest BCUT2D eigenvalue weighted by atomic mass is 10.1. The molecule has 0 saturated carbocycles. The van der Waals surface area contributed by atoms with Crippen LogP contribution in [-0.4, -0.2) is 23.9 Å². The van der Waals surface area contributed by atoms with Gasteiger partial charge in [0, 0.05) is 18.7 Å². The van der Waals surface area contributed by atoms with Gasteiger partial charge in [-0.25, -0.2) is 4.39 Å². The molecule has 0 aliphatic heterocycles. The Labute approximate surface area is 102 Å². The predicted octanol–water partition coefficient (Wildman–Crippen LogP) is 3.17. The third-order valence-corrected chi connectivity index (χ3v) is 2.53. The molecule has 0 saturated heterocycles. The Kier molecular flexibility index (Phi) is 4.44. The Morgan fingerprint density at radius 2 is 2.12 bits per heavy atom. The maximum Gasteiger partial charge on any atom is 0.254 e. The molecule has 0 unspecified atom stereocenters. The third kappa shape index (κ3) is 3.41. The maximum absolute atomic E-state index is 13.1. The number of hydrogen-bond acceptors (Lipinski definition) is 1. The average molecular weight is 235 g/mol. The lowest BCUT2D eigenvalue weighted by molar-refractivity contribution is 0.0778. The lowest BCUT2D eigenvalue weighted by Crippen LogP contribution is -2.32. The van der Waals surface area contributed by atoms with Crippen LogP contribution in [0, 0.1) is 12.7 Å². The van der Waals surface area contributed by atoms with Gasteiger partial charge >= 0.3 is 0 Å². The molecule has 1 amide bonds. The van der Waals surface area contributed by atoms with E-state index < -0.39 is 0 Å². The number of rotatable bonds is 4. The number of carbonyl (C=O) groups is 1. The molecule has 0 fully saturated rings. The van der Waals surface area contributed by atoms with E-state index in [9.17, 15) is 9.18 Å². The lowest BCUT2D eigenvalue weighted by Gasteiger charge is -2.21. The van der Waals surface area contributed by atoms with E-state index in [0.29, 0.717) is 24.2 Å². The molecular weight excluding hydrogens is 217 g/mol. The number of amides is 1. The zero-order chi connectivity index (χ0) is 13.0. The smallest absolute Gasteiger partial charge is 0.254 e. The summed E-state index contributed by atoms with van der Waals surface area (Å²) < 4.78 is 13.1. The molecule has 0 aliphatic rings. The number of carbonyl (C=O) groups excluding carboxylic acids is 1. The molecule has 3 heteroatoms. The molecule has 92 valence electrons. The number of halogens is 1. The highest BCUT2D eigenvalue weighted by Crippen LogP contribution is 2.12. The summed E-state index contributed by atoms with van der Waals surface area (Å²) in [5.74, 6) is -0.372. The molecule has 0 spiro atoms.